The number of hydrogen-bond donors (Lipinski definition) is 0. The minimum Gasteiger partial charge on any atom is -0.464 e. The molecule has 2 rings (SSSR count). The second-order valence-corrected chi connectivity index (χ2v) is 4.40. The van der Waals surface area contributed by atoms with Gasteiger partial charge < -0.3 is 9.47 Å². The van der Waals surface area contributed by atoms with Gasteiger partial charge in [0.25, 0.3) is 0 Å². The zero-order chi connectivity index (χ0) is 15.2. The van der Waals surface area contributed by atoms with E-state index in [0.717, 1.165) is 5.56 Å². The maximum Gasteiger partial charge on any atom is 0.360 e. The van der Waals surface area contributed by atoms with Crippen molar-refractivity contribution < 1.29 is 18.7 Å². The van der Waals surface area contributed by atoms with Crippen LogP contribution < -0.4 is 0 Å². The van der Waals surface area contributed by atoms with Crippen molar-refractivity contribution in [3.63, 3.8) is 0 Å². The zero-order valence-corrected chi connectivity index (χ0v) is 11.9. The summed E-state index contributed by atoms with van der Waals surface area (Å²) in [6, 6.07) is 6.08. The summed E-state index contributed by atoms with van der Waals surface area (Å²) in [5, 5.41) is 7.83. The molecule has 21 heavy (non-hydrogen) atoms. The van der Waals surface area contributed by atoms with E-state index in [1.54, 1.807) is 23.9 Å². The molecule has 0 fully saturated rings. The first-order valence-electron chi connectivity index (χ1n) is 6.39. The molecule has 0 radical (unpaired) electrons. The number of rotatable bonds is 6. The van der Waals surface area contributed by atoms with Gasteiger partial charge in [0, 0.05) is 13.5 Å². The lowest BCUT2D eigenvalue weighted by Crippen LogP contribution is -2.12. The molecular formula is C14H16FN3O3. The fourth-order valence-electron chi connectivity index (χ4n) is 1.92. The van der Waals surface area contributed by atoms with E-state index in [4.69, 9.17) is 9.47 Å². The van der Waals surface area contributed by atoms with Crippen molar-refractivity contribution in [2.45, 2.75) is 13.0 Å². The molecule has 0 amide bonds. The van der Waals surface area contributed by atoms with E-state index in [2.05, 4.69) is 10.3 Å². The minimum absolute atomic E-state index is 0.177. The highest BCUT2D eigenvalue weighted by molar-refractivity contribution is 5.88. The number of nitrogens with zero attached hydrogens (tertiary/aromatic N) is 3. The summed E-state index contributed by atoms with van der Waals surface area (Å²) in [5.41, 5.74) is 1.67. The molecule has 1 aromatic carbocycles. The highest BCUT2D eigenvalue weighted by atomic mass is 19.1. The molecule has 0 N–H and O–H groups in total. The average molecular weight is 293 g/mol. The van der Waals surface area contributed by atoms with Gasteiger partial charge in [-0.3, -0.25) is 0 Å². The molecule has 0 saturated carbocycles. The van der Waals surface area contributed by atoms with Gasteiger partial charge in [-0.25, -0.2) is 13.9 Å². The third-order valence-electron chi connectivity index (χ3n) is 3.00. The molecule has 0 aliphatic rings. The second-order valence-electron chi connectivity index (χ2n) is 4.40. The van der Waals surface area contributed by atoms with Gasteiger partial charge in [0.05, 0.1) is 26.0 Å². The van der Waals surface area contributed by atoms with Crippen LogP contribution >= 0.6 is 0 Å². The van der Waals surface area contributed by atoms with Gasteiger partial charge in [0.1, 0.15) is 5.82 Å². The van der Waals surface area contributed by atoms with Crippen LogP contribution in [0.2, 0.25) is 0 Å². The van der Waals surface area contributed by atoms with E-state index >= 15 is 0 Å². The number of ether oxygens (including phenoxy) is 2. The molecule has 0 aliphatic carbocycles. The van der Waals surface area contributed by atoms with Crippen molar-refractivity contribution >= 4 is 5.97 Å². The van der Waals surface area contributed by atoms with Crippen LogP contribution in [0.15, 0.2) is 24.3 Å². The third-order valence-corrected chi connectivity index (χ3v) is 3.00. The fraction of sp³-hybridized carbons (Fsp3) is 0.357. The molecule has 2 aromatic rings. The van der Waals surface area contributed by atoms with Crippen LogP contribution in [-0.4, -0.2) is 41.8 Å². The Balaban J connectivity index is 2.27. The highest BCUT2D eigenvalue weighted by Gasteiger charge is 2.20. The summed E-state index contributed by atoms with van der Waals surface area (Å²) in [6.07, 6.45) is 0.481. The molecule has 0 bridgehead atoms. The molecule has 0 saturated heterocycles. The smallest absolute Gasteiger partial charge is 0.360 e. The molecule has 0 unspecified atom stereocenters. The van der Waals surface area contributed by atoms with Gasteiger partial charge in [-0.15, -0.1) is 5.10 Å². The molecule has 0 aliphatic heterocycles. The first-order chi connectivity index (χ1) is 10.2. The largest absolute Gasteiger partial charge is 0.464 e. The number of hydrogen-bond acceptors (Lipinski definition) is 5. The molecule has 1 heterocycles. The Bertz CT molecular complexity index is 610. The Morgan fingerprint density at radius 1 is 1.29 bits per heavy atom. The quantitative estimate of drug-likeness (QED) is 0.754. The number of halogens is 1. The van der Waals surface area contributed by atoms with E-state index < -0.39 is 5.97 Å². The minimum atomic E-state index is -0.536. The summed E-state index contributed by atoms with van der Waals surface area (Å²) in [4.78, 5) is 11.7. The topological polar surface area (TPSA) is 66.2 Å². The second kappa shape index (κ2) is 6.94. The Labute approximate surface area is 121 Å². The summed E-state index contributed by atoms with van der Waals surface area (Å²) in [5.74, 6) is -0.835. The van der Waals surface area contributed by atoms with Crippen molar-refractivity contribution in [2.24, 2.45) is 0 Å². The van der Waals surface area contributed by atoms with E-state index in [1.807, 2.05) is 0 Å². The number of aromatic nitrogens is 3. The van der Waals surface area contributed by atoms with Crippen LogP contribution in [-0.2, 0) is 22.4 Å². The van der Waals surface area contributed by atoms with Crippen LogP contribution in [0.25, 0.3) is 0 Å². The molecule has 6 nitrogen and oxygen atoms in total. The van der Waals surface area contributed by atoms with Crippen molar-refractivity contribution in [1.82, 2.24) is 15.0 Å². The van der Waals surface area contributed by atoms with Gasteiger partial charge in [0.2, 0.25) is 0 Å². The first kappa shape index (κ1) is 15.1. The van der Waals surface area contributed by atoms with Gasteiger partial charge in [0.15, 0.2) is 5.69 Å². The lowest BCUT2D eigenvalue weighted by atomic mass is 10.2. The van der Waals surface area contributed by atoms with Gasteiger partial charge in [-0.05, 0) is 17.7 Å². The maximum atomic E-state index is 12.9. The number of benzene rings is 1. The molecule has 1 aromatic heterocycles. The Morgan fingerprint density at radius 3 is 2.62 bits per heavy atom. The monoisotopic (exact) mass is 293 g/mol. The standard InChI is InChI=1S/C14H16FN3O3/c1-20-8-7-12-13(14(19)21-2)16-17-18(12)9-10-3-5-11(15)6-4-10/h3-6H,7-9H2,1-2H3. The van der Waals surface area contributed by atoms with Crippen LogP contribution in [0.3, 0.4) is 0 Å². The number of carbonyl (C=O) groups excluding carboxylic acids is 1. The fourth-order valence-corrected chi connectivity index (χ4v) is 1.92. The summed E-state index contributed by atoms with van der Waals surface area (Å²) in [6.45, 7) is 0.824. The molecule has 112 valence electrons. The van der Waals surface area contributed by atoms with Gasteiger partial charge in [-0.1, -0.05) is 17.3 Å². The van der Waals surface area contributed by atoms with Crippen LogP contribution in [0.5, 0.6) is 0 Å². The first-order valence-corrected chi connectivity index (χ1v) is 6.39. The molecule has 7 heteroatoms. The van der Waals surface area contributed by atoms with Crippen LogP contribution in [0.1, 0.15) is 21.7 Å². The summed E-state index contributed by atoms with van der Waals surface area (Å²) < 4.78 is 24.2. The third kappa shape index (κ3) is 3.63. The zero-order valence-electron chi connectivity index (χ0n) is 11.9. The predicted octanol–water partition coefficient (Wildman–Crippen LogP) is 1.44. The average Bonchev–Trinajstić information content (AvgIpc) is 2.89. The van der Waals surface area contributed by atoms with Crippen LogP contribution in [0, 0.1) is 5.82 Å². The predicted molar refractivity (Wildman–Crippen MR) is 72.4 cm³/mol. The van der Waals surface area contributed by atoms with Crippen molar-refractivity contribution in [3.8, 4) is 0 Å². The van der Waals surface area contributed by atoms with E-state index in [-0.39, 0.29) is 11.5 Å². The summed E-state index contributed by atoms with van der Waals surface area (Å²) in [7, 11) is 2.87. The SMILES string of the molecule is COCCc1c(C(=O)OC)nnn1Cc1ccc(F)cc1. The Morgan fingerprint density at radius 2 is 2.00 bits per heavy atom. The normalized spacial score (nSPS) is 10.6. The van der Waals surface area contributed by atoms with Crippen molar-refractivity contribution in [3.05, 3.63) is 47.0 Å². The van der Waals surface area contributed by atoms with Crippen LogP contribution in [0.4, 0.5) is 4.39 Å². The lowest BCUT2D eigenvalue weighted by molar-refractivity contribution is 0.0592. The van der Waals surface area contributed by atoms with E-state index in [0.29, 0.717) is 25.3 Å². The highest BCUT2D eigenvalue weighted by Crippen LogP contribution is 2.12. The lowest BCUT2D eigenvalue weighted by Gasteiger charge is -2.07. The number of esters is 1. The number of carbonyl (C=O) groups is 1. The van der Waals surface area contributed by atoms with Gasteiger partial charge >= 0.3 is 5.97 Å². The van der Waals surface area contributed by atoms with Gasteiger partial charge in [-0.2, -0.15) is 0 Å². The van der Waals surface area contributed by atoms with E-state index in [9.17, 15) is 9.18 Å². The Kier molecular flexibility index (Phi) is 4.99. The molecule has 0 atom stereocenters. The molecular weight excluding hydrogens is 277 g/mol. The van der Waals surface area contributed by atoms with E-state index in [1.165, 1.54) is 19.2 Å². The maximum absolute atomic E-state index is 12.9. The number of methoxy groups -OCH3 is 2. The van der Waals surface area contributed by atoms with Crippen molar-refractivity contribution in [2.75, 3.05) is 20.8 Å². The van der Waals surface area contributed by atoms with Crippen molar-refractivity contribution in [1.29, 1.82) is 0 Å². The molecule has 0 spiro atoms. The summed E-state index contributed by atoms with van der Waals surface area (Å²) >= 11 is 0. The Hall–Kier alpha value is -2.28.